The van der Waals surface area contributed by atoms with Crippen LogP contribution in [0.1, 0.15) is 41.3 Å². The summed E-state index contributed by atoms with van der Waals surface area (Å²) in [4.78, 5) is 25.0. The van der Waals surface area contributed by atoms with E-state index >= 15 is 0 Å². The molecule has 0 aliphatic heterocycles. The van der Waals surface area contributed by atoms with Crippen molar-refractivity contribution >= 4 is 27.5 Å². The van der Waals surface area contributed by atoms with Gasteiger partial charge in [0.2, 0.25) is 0 Å². The second-order valence-corrected chi connectivity index (χ2v) is 7.13. The first-order valence-electron chi connectivity index (χ1n) is 9.10. The summed E-state index contributed by atoms with van der Waals surface area (Å²) in [7, 11) is 0. The lowest BCUT2D eigenvalue weighted by atomic mass is 9.98. The fourth-order valence-electron chi connectivity index (χ4n) is 3.36. The molecule has 0 saturated carbocycles. The van der Waals surface area contributed by atoms with Gasteiger partial charge in [0.05, 0.1) is 0 Å². The second-order valence-electron chi connectivity index (χ2n) is 7.13. The van der Waals surface area contributed by atoms with Crippen molar-refractivity contribution in [1.29, 1.82) is 0 Å². The monoisotopic (exact) mass is 356 g/mol. The third-order valence-corrected chi connectivity index (χ3v) is 4.96. The highest BCUT2D eigenvalue weighted by Gasteiger charge is 2.14. The van der Waals surface area contributed by atoms with Crippen molar-refractivity contribution in [1.82, 2.24) is 0 Å². The van der Waals surface area contributed by atoms with Crippen LogP contribution in [0, 0.1) is 0 Å². The summed E-state index contributed by atoms with van der Waals surface area (Å²) < 4.78 is 5.48. The smallest absolute Gasteiger partial charge is 0.339 e. The Morgan fingerprint density at radius 3 is 2.41 bits per heavy atom. The quantitative estimate of drug-likeness (QED) is 0.276. The normalized spacial score (nSPS) is 11.4. The van der Waals surface area contributed by atoms with E-state index < -0.39 is 5.63 Å². The Hall–Kier alpha value is -3.20. The molecule has 0 aliphatic carbocycles. The van der Waals surface area contributed by atoms with Crippen LogP contribution in [0.25, 0.3) is 21.7 Å². The van der Waals surface area contributed by atoms with E-state index in [4.69, 9.17) is 4.42 Å². The molecule has 27 heavy (non-hydrogen) atoms. The summed E-state index contributed by atoms with van der Waals surface area (Å²) in [6.45, 7) is 4.23. The molecule has 1 aromatic heterocycles. The molecule has 3 aromatic carbocycles. The van der Waals surface area contributed by atoms with Gasteiger partial charge in [-0.1, -0.05) is 68.4 Å². The van der Waals surface area contributed by atoms with Crippen LogP contribution < -0.4 is 5.63 Å². The van der Waals surface area contributed by atoms with Crippen molar-refractivity contribution in [2.24, 2.45) is 0 Å². The molecule has 0 saturated heterocycles. The standard InChI is InChI=1S/C24H20O3/c1-15(2)16-7-9-18(10-8-16)22(25)14-19-13-21-20-6-4-3-5-17(20)11-12-23(21)27-24(19)26/h3-13,15H,14H2,1-2H3. The van der Waals surface area contributed by atoms with Gasteiger partial charge in [0.25, 0.3) is 0 Å². The molecular formula is C24H20O3. The summed E-state index contributed by atoms with van der Waals surface area (Å²) in [5.41, 5.74) is 2.26. The Bertz CT molecular complexity index is 1200. The molecule has 0 amide bonds. The third kappa shape index (κ3) is 3.28. The SMILES string of the molecule is CC(C)c1ccc(C(=O)Cc2cc3c(ccc4ccccc43)oc2=O)cc1. The lowest BCUT2D eigenvalue weighted by Crippen LogP contribution is -2.13. The lowest BCUT2D eigenvalue weighted by molar-refractivity contribution is 0.0992. The first kappa shape index (κ1) is 17.2. The number of carbonyl (C=O) groups excluding carboxylic acids is 1. The molecule has 0 aliphatic rings. The van der Waals surface area contributed by atoms with Gasteiger partial charge in [-0.25, -0.2) is 4.79 Å². The van der Waals surface area contributed by atoms with Crippen molar-refractivity contribution in [3.05, 3.63) is 93.8 Å². The molecule has 0 fully saturated rings. The van der Waals surface area contributed by atoms with Gasteiger partial charge >= 0.3 is 5.63 Å². The maximum atomic E-state index is 12.7. The van der Waals surface area contributed by atoms with E-state index in [9.17, 15) is 9.59 Å². The molecule has 0 spiro atoms. The van der Waals surface area contributed by atoms with E-state index in [2.05, 4.69) is 13.8 Å². The molecule has 0 radical (unpaired) electrons. The van der Waals surface area contributed by atoms with Gasteiger partial charge in [-0.05, 0) is 34.4 Å². The molecule has 4 rings (SSSR count). The van der Waals surface area contributed by atoms with E-state index in [1.165, 1.54) is 5.56 Å². The van der Waals surface area contributed by atoms with E-state index in [0.29, 0.717) is 22.6 Å². The molecule has 3 nitrogen and oxygen atoms in total. The lowest BCUT2D eigenvalue weighted by Gasteiger charge is -2.07. The number of ketones is 1. The Balaban J connectivity index is 1.72. The molecule has 4 aromatic rings. The fourth-order valence-corrected chi connectivity index (χ4v) is 3.36. The topological polar surface area (TPSA) is 47.3 Å². The summed E-state index contributed by atoms with van der Waals surface area (Å²) in [5.74, 6) is 0.326. The van der Waals surface area contributed by atoms with E-state index in [0.717, 1.165) is 16.2 Å². The van der Waals surface area contributed by atoms with Crippen molar-refractivity contribution in [3.63, 3.8) is 0 Å². The zero-order valence-electron chi connectivity index (χ0n) is 15.4. The maximum Gasteiger partial charge on any atom is 0.339 e. The average molecular weight is 356 g/mol. The largest absolute Gasteiger partial charge is 0.422 e. The minimum Gasteiger partial charge on any atom is -0.422 e. The van der Waals surface area contributed by atoms with Crippen LogP contribution in [-0.4, -0.2) is 5.78 Å². The molecule has 0 unspecified atom stereocenters. The number of rotatable bonds is 4. The fraction of sp³-hybridized carbons (Fsp3) is 0.167. The number of Topliss-reactive ketones (excluding diaryl/α,β-unsaturated/α-hetero) is 1. The van der Waals surface area contributed by atoms with Gasteiger partial charge in [0.15, 0.2) is 5.78 Å². The molecule has 0 N–H and O–H groups in total. The molecular weight excluding hydrogens is 336 g/mol. The zero-order chi connectivity index (χ0) is 19.0. The summed E-state index contributed by atoms with van der Waals surface area (Å²) >= 11 is 0. The Morgan fingerprint density at radius 2 is 1.67 bits per heavy atom. The van der Waals surface area contributed by atoms with Gasteiger partial charge in [-0.3, -0.25) is 4.79 Å². The van der Waals surface area contributed by atoms with Crippen LogP contribution in [0.4, 0.5) is 0 Å². The minimum absolute atomic E-state index is 0.0303. The number of benzene rings is 3. The van der Waals surface area contributed by atoms with E-state index in [1.54, 1.807) is 12.1 Å². The maximum absolute atomic E-state index is 12.7. The van der Waals surface area contributed by atoms with Crippen LogP contribution in [0.3, 0.4) is 0 Å². The number of carbonyl (C=O) groups is 1. The molecule has 0 atom stereocenters. The Labute approximate surface area is 157 Å². The Morgan fingerprint density at radius 1 is 0.926 bits per heavy atom. The van der Waals surface area contributed by atoms with Crippen LogP contribution >= 0.6 is 0 Å². The van der Waals surface area contributed by atoms with Crippen LogP contribution in [0.2, 0.25) is 0 Å². The highest BCUT2D eigenvalue weighted by molar-refractivity contribution is 6.06. The number of hydrogen-bond donors (Lipinski definition) is 0. The van der Waals surface area contributed by atoms with E-state index in [1.807, 2.05) is 54.6 Å². The molecule has 3 heteroatoms. The van der Waals surface area contributed by atoms with Gasteiger partial charge in [0.1, 0.15) is 5.58 Å². The minimum atomic E-state index is -0.454. The van der Waals surface area contributed by atoms with Gasteiger partial charge in [-0.15, -0.1) is 0 Å². The van der Waals surface area contributed by atoms with E-state index in [-0.39, 0.29) is 12.2 Å². The van der Waals surface area contributed by atoms with Crippen molar-refractivity contribution in [2.45, 2.75) is 26.2 Å². The van der Waals surface area contributed by atoms with Crippen LogP contribution in [-0.2, 0) is 6.42 Å². The molecule has 1 heterocycles. The van der Waals surface area contributed by atoms with Crippen molar-refractivity contribution < 1.29 is 9.21 Å². The Kier molecular flexibility index (Phi) is 4.36. The van der Waals surface area contributed by atoms with Gasteiger partial charge in [0, 0.05) is 22.9 Å². The highest BCUT2D eigenvalue weighted by atomic mass is 16.4. The van der Waals surface area contributed by atoms with Crippen LogP contribution in [0.5, 0.6) is 0 Å². The van der Waals surface area contributed by atoms with Crippen molar-refractivity contribution in [2.75, 3.05) is 0 Å². The summed E-state index contributed by atoms with van der Waals surface area (Å²) in [6, 6.07) is 21.1. The summed E-state index contributed by atoms with van der Waals surface area (Å²) in [5, 5.41) is 2.93. The third-order valence-electron chi connectivity index (χ3n) is 4.96. The predicted octanol–water partition coefficient (Wildman–Crippen LogP) is 5.50. The van der Waals surface area contributed by atoms with Crippen LogP contribution in [0.15, 0.2) is 75.9 Å². The molecule has 134 valence electrons. The highest BCUT2D eigenvalue weighted by Crippen LogP contribution is 2.25. The van der Waals surface area contributed by atoms with Gasteiger partial charge < -0.3 is 4.42 Å². The molecule has 0 bridgehead atoms. The first-order chi connectivity index (χ1) is 13.0. The first-order valence-corrected chi connectivity index (χ1v) is 9.10. The average Bonchev–Trinajstić information content (AvgIpc) is 2.68. The predicted molar refractivity (Wildman–Crippen MR) is 109 cm³/mol. The second kappa shape index (κ2) is 6.84. The zero-order valence-corrected chi connectivity index (χ0v) is 15.4. The van der Waals surface area contributed by atoms with Gasteiger partial charge in [-0.2, -0.15) is 0 Å². The number of hydrogen-bond acceptors (Lipinski definition) is 3. The number of fused-ring (bicyclic) bond motifs is 3. The summed E-state index contributed by atoms with van der Waals surface area (Å²) in [6.07, 6.45) is 0.0303. The van der Waals surface area contributed by atoms with Crippen molar-refractivity contribution in [3.8, 4) is 0 Å².